The van der Waals surface area contributed by atoms with Gasteiger partial charge in [0.2, 0.25) is 0 Å². The molecule has 0 bridgehead atoms. The van der Waals surface area contributed by atoms with Gasteiger partial charge in [0.1, 0.15) is 0 Å². The number of morpholine rings is 1. The fraction of sp³-hybridized carbons (Fsp3) is 0.476. The summed E-state index contributed by atoms with van der Waals surface area (Å²) in [5.41, 5.74) is 2.49. The Labute approximate surface area is 171 Å². The van der Waals surface area contributed by atoms with Crippen LogP contribution < -0.4 is 4.90 Å². The van der Waals surface area contributed by atoms with Gasteiger partial charge in [0, 0.05) is 50.3 Å². The summed E-state index contributed by atoms with van der Waals surface area (Å²) in [4.78, 5) is 9.38. The standard InChI is InChI=1S/C21H25Cl2N3O/c22-19-4-3-18(14-20(19)23)25-8-5-16(6-9-25)21(17-2-1-7-24-15-17)26-10-12-27-13-11-26/h1-4,7,14-16,21H,5-6,8-13H2/t21-/m1/s1. The molecule has 3 heterocycles. The molecule has 0 unspecified atom stereocenters. The smallest absolute Gasteiger partial charge is 0.0612 e. The SMILES string of the molecule is Clc1ccc(N2CCC([C@H](c3cccnc3)N3CCOCC3)CC2)cc1Cl. The number of aromatic nitrogens is 1. The largest absolute Gasteiger partial charge is 0.379 e. The molecular weight excluding hydrogens is 381 g/mol. The van der Waals surface area contributed by atoms with Crippen molar-refractivity contribution >= 4 is 28.9 Å². The maximum Gasteiger partial charge on any atom is 0.0612 e. The van der Waals surface area contributed by atoms with Crippen LogP contribution in [0, 0.1) is 5.92 Å². The molecule has 0 N–H and O–H groups in total. The lowest BCUT2D eigenvalue weighted by Crippen LogP contribution is -2.45. The lowest BCUT2D eigenvalue weighted by molar-refractivity contribution is -0.00148. The normalized spacial score (nSPS) is 20.6. The van der Waals surface area contributed by atoms with Gasteiger partial charge in [-0.2, -0.15) is 0 Å². The summed E-state index contributed by atoms with van der Waals surface area (Å²) in [7, 11) is 0. The van der Waals surface area contributed by atoms with Crippen LogP contribution in [0.15, 0.2) is 42.7 Å². The molecule has 0 aliphatic carbocycles. The van der Waals surface area contributed by atoms with Crippen LogP contribution in [0.3, 0.4) is 0 Å². The van der Waals surface area contributed by atoms with Crippen molar-refractivity contribution in [2.45, 2.75) is 18.9 Å². The number of nitrogens with zero attached hydrogens (tertiary/aromatic N) is 3. The summed E-state index contributed by atoms with van der Waals surface area (Å²) in [6.45, 7) is 5.68. The predicted molar refractivity (Wildman–Crippen MR) is 111 cm³/mol. The van der Waals surface area contributed by atoms with E-state index in [9.17, 15) is 0 Å². The number of halogens is 2. The molecule has 4 nitrogen and oxygen atoms in total. The minimum atomic E-state index is 0.415. The number of pyridine rings is 1. The molecule has 1 atom stereocenters. The van der Waals surface area contributed by atoms with E-state index in [0.29, 0.717) is 22.0 Å². The van der Waals surface area contributed by atoms with E-state index in [4.69, 9.17) is 27.9 Å². The molecule has 0 spiro atoms. The van der Waals surface area contributed by atoms with Gasteiger partial charge < -0.3 is 9.64 Å². The van der Waals surface area contributed by atoms with E-state index in [1.807, 2.05) is 30.6 Å². The highest BCUT2D eigenvalue weighted by Gasteiger charge is 2.33. The van der Waals surface area contributed by atoms with Gasteiger partial charge in [-0.1, -0.05) is 29.3 Å². The van der Waals surface area contributed by atoms with Gasteiger partial charge in [-0.25, -0.2) is 0 Å². The molecule has 1 aromatic heterocycles. The molecule has 2 aromatic rings. The Morgan fingerprint density at radius 2 is 1.78 bits per heavy atom. The number of anilines is 1. The molecule has 2 saturated heterocycles. The van der Waals surface area contributed by atoms with Gasteiger partial charge in [-0.3, -0.25) is 9.88 Å². The maximum atomic E-state index is 6.21. The zero-order chi connectivity index (χ0) is 18.6. The lowest BCUT2D eigenvalue weighted by atomic mass is 9.84. The van der Waals surface area contributed by atoms with Crippen LogP contribution in [0.5, 0.6) is 0 Å². The van der Waals surface area contributed by atoms with E-state index < -0.39 is 0 Å². The zero-order valence-electron chi connectivity index (χ0n) is 15.4. The first-order valence-corrected chi connectivity index (χ1v) is 10.4. The van der Waals surface area contributed by atoms with Crippen LogP contribution >= 0.6 is 23.2 Å². The molecule has 1 aromatic carbocycles. The van der Waals surface area contributed by atoms with Crippen molar-refractivity contribution in [1.29, 1.82) is 0 Å². The Morgan fingerprint density at radius 1 is 1.00 bits per heavy atom. The second kappa shape index (κ2) is 8.78. The van der Waals surface area contributed by atoms with E-state index in [2.05, 4.69) is 26.9 Å². The number of ether oxygens (including phenoxy) is 1. The topological polar surface area (TPSA) is 28.6 Å². The highest BCUT2D eigenvalue weighted by atomic mass is 35.5. The quantitative estimate of drug-likeness (QED) is 0.738. The molecule has 27 heavy (non-hydrogen) atoms. The summed E-state index contributed by atoms with van der Waals surface area (Å²) >= 11 is 12.3. The number of rotatable bonds is 4. The molecule has 0 radical (unpaired) electrons. The summed E-state index contributed by atoms with van der Waals surface area (Å²) in [5.74, 6) is 0.617. The van der Waals surface area contributed by atoms with Crippen LogP contribution in [0.4, 0.5) is 5.69 Å². The van der Waals surface area contributed by atoms with Crippen molar-refractivity contribution < 1.29 is 4.74 Å². The summed E-state index contributed by atoms with van der Waals surface area (Å²) in [6.07, 6.45) is 6.19. The van der Waals surface area contributed by atoms with Crippen LogP contribution in [0.25, 0.3) is 0 Å². The summed E-state index contributed by atoms with van der Waals surface area (Å²) < 4.78 is 5.58. The molecule has 4 rings (SSSR count). The molecule has 2 fully saturated rings. The molecule has 2 aliphatic rings. The van der Waals surface area contributed by atoms with Crippen molar-refractivity contribution in [3.05, 3.63) is 58.3 Å². The first kappa shape index (κ1) is 19.0. The van der Waals surface area contributed by atoms with Crippen molar-refractivity contribution in [1.82, 2.24) is 9.88 Å². The predicted octanol–water partition coefficient (Wildman–Crippen LogP) is 4.68. The number of benzene rings is 1. The fourth-order valence-corrected chi connectivity index (χ4v) is 4.64. The Kier molecular flexibility index (Phi) is 6.18. The molecule has 0 amide bonds. The van der Waals surface area contributed by atoms with Gasteiger partial charge in [0.05, 0.1) is 23.3 Å². The highest BCUT2D eigenvalue weighted by molar-refractivity contribution is 6.42. The second-order valence-electron chi connectivity index (χ2n) is 7.30. The third-order valence-electron chi connectivity index (χ3n) is 5.72. The van der Waals surface area contributed by atoms with Crippen LogP contribution in [-0.4, -0.2) is 49.3 Å². The average Bonchev–Trinajstić information content (AvgIpc) is 2.72. The lowest BCUT2D eigenvalue weighted by Gasteiger charge is -2.43. The Bertz CT molecular complexity index is 744. The van der Waals surface area contributed by atoms with Crippen molar-refractivity contribution in [3.63, 3.8) is 0 Å². The highest BCUT2D eigenvalue weighted by Crippen LogP contribution is 2.37. The van der Waals surface area contributed by atoms with Gasteiger partial charge >= 0.3 is 0 Å². The maximum absolute atomic E-state index is 6.21. The number of hydrogen-bond donors (Lipinski definition) is 0. The Balaban J connectivity index is 1.48. The van der Waals surface area contributed by atoms with Gasteiger partial charge in [-0.05, 0) is 48.6 Å². The van der Waals surface area contributed by atoms with E-state index in [1.54, 1.807) is 0 Å². The number of piperidine rings is 1. The van der Waals surface area contributed by atoms with Crippen molar-refractivity contribution in [2.75, 3.05) is 44.3 Å². The third-order valence-corrected chi connectivity index (χ3v) is 6.46. The van der Waals surface area contributed by atoms with E-state index >= 15 is 0 Å². The van der Waals surface area contributed by atoms with Crippen molar-refractivity contribution in [2.24, 2.45) is 5.92 Å². The molecule has 0 saturated carbocycles. The second-order valence-corrected chi connectivity index (χ2v) is 8.12. The fourth-order valence-electron chi connectivity index (χ4n) is 4.34. The molecule has 2 aliphatic heterocycles. The van der Waals surface area contributed by atoms with Gasteiger partial charge in [0.15, 0.2) is 0 Å². The molecule has 144 valence electrons. The third kappa shape index (κ3) is 4.40. The Morgan fingerprint density at radius 3 is 2.44 bits per heavy atom. The molecule has 6 heteroatoms. The Hall–Kier alpha value is -1.33. The van der Waals surface area contributed by atoms with E-state index in [1.165, 1.54) is 5.56 Å². The van der Waals surface area contributed by atoms with E-state index in [0.717, 1.165) is 57.9 Å². The monoisotopic (exact) mass is 405 g/mol. The van der Waals surface area contributed by atoms with Gasteiger partial charge in [0.25, 0.3) is 0 Å². The summed E-state index contributed by atoms with van der Waals surface area (Å²) in [5, 5.41) is 1.23. The number of hydrogen-bond acceptors (Lipinski definition) is 4. The first-order valence-electron chi connectivity index (χ1n) is 9.64. The van der Waals surface area contributed by atoms with Crippen LogP contribution in [-0.2, 0) is 4.74 Å². The minimum Gasteiger partial charge on any atom is -0.379 e. The average molecular weight is 406 g/mol. The zero-order valence-corrected chi connectivity index (χ0v) is 16.9. The van der Waals surface area contributed by atoms with Crippen LogP contribution in [0.2, 0.25) is 10.0 Å². The van der Waals surface area contributed by atoms with Crippen molar-refractivity contribution in [3.8, 4) is 0 Å². The van der Waals surface area contributed by atoms with E-state index in [-0.39, 0.29) is 0 Å². The first-order chi connectivity index (χ1) is 13.2. The minimum absolute atomic E-state index is 0.415. The summed E-state index contributed by atoms with van der Waals surface area (Å²) in [6, 6.07) is 10.6. The van der Waals surface area contributed by atoms with Gasteiger partial charge in [-0.15, -0.1) is 0 Å². The molecular formula is C21H25Cl2N3O. The van der Waals surface area contributed by atoms with Crippen LogP contribution in [0.1, 0.15) is 24.4 Å².